The number of nitrogens with zero attached hydrogens (tertiary/aromatic N) is 1. The zero-order valence-electron chi connectivity index (χ0n) is 23.2. The van der Waals surface area contributed by atoms with Gasteiger partial charge in [0.05, 0.1) is 12.1 Å². The van der Waals surface area contributed by atoms with Crippen LogP contribution in [0.5, 0.6) is 0 Å². The van der Waals surface area contributed by atoms with E-state index in [0.717, 1.165) is 30.7 Å². The maximum Gasteiger partial charge on any atom is 0.339 e. The van der Waals surface area contributed by atoms with Gasteiger partial charge in [0, 0.05) is 24.2 Å². The van der Waals surface area contributed by atoms with Crippen LogP contribution < -0.4 is 5.32 Å². The molecule has 4 nitrogen and oxygen atoms in total. The Hall–Kier alpha value is -2.88. The Bertz CT molecular complexity index is 1480. The summed E-state index contributed by atoms with van der Waals surface area (Å²) in [6, 6.07) is 35.3. The molecule has 4 aromatic carbocycles. The third-order valence-electron chi connectivity index (χ3n) is 6.24. The Labute approximate surface area is 257 Å². The van der Waals surface area contributed by atoms with Crippen LogP contribution in [0, 0.1) is 13.8 Å². The minimum atomic E-state index is -3.22. The van der Waals surface area contributed by atoms with E-state index < -0.39 is 5.20 Å². The van der Waals surface area contributed by atoms with Gasteiger partial charge in [-0.2, -0.15) is 0 Å². The maximum absolute atomic E-state index is 11.8. The van der Waals surface area contributed by atoms with Crippen LogP contribution in [-0.4, -0.2) is 24.7 Å². The highest BCUT2D eigenvalue weighted by Gasteiger charge is 2.15. The smallest absolute Gasteiger partial charge is 0.339 e. The second-order valence-electron chi connectivity index (χ2n) is 9.66. The first-order chi connectivity index (χ1) is 19.6. The van der Waals surface area contributed by atoms with Crippen LogP contribution >= 0.6 is 38.9 Å². The van der Waals surface area contributed by atoms with Crippen LogP contribution in [0.4, 0.5) is 0 Å². The van der Waals surface area contributed by atoms with Crippen molar-refractivity contribution in [3.63, 3.8) is 0 Å². The van der Waals surface area contributed by atoms with Crippen LogP contribution in [0.15, 0.2) is 108 Å². The molecule has 0 radical (unpaired) electrons. The molecule has 0 spiro atoms. The second-order valence-corrected chi connectivity index (χ2v) is 16.3. The highest BCUT2D eigenvalue weighted by Crippen LogP contribution is 2.61. The summed E-state index contributed by atoms with van der Waals surface area (Å²) in [7, 11) is 0. The molecule has 0 atom stereocenters. The normalized spacial score (nSPS) is 12.0. The predicted octanol–water partition coefficient (Wildman–Crippen LogP) is 9.10. The SMILES string of the molecule is Cc1ccc2c(c1)CCN=C2c1ccccc1.Cc1cccc(CCNC(=O)Cc2ccccc2)c1.O=P(Cl)(Cl)Cl. The summed E-state index contributed by atoms with van der Waals surface area (Å²) < 4.78 is 9.51. The molecule has 1 aliphatic rings. The van der Waals surface area contributed by atoms with Gasteiger partial charge >= 0.3 is 5.20 Å². The molecule has 1 amide bonds. The van der Waals surface area contributed by atoms with Gasteiger partial charge in [-0.3, -0.25) is 14.4 Å². The number of aliphatic imine (C=N–C) groups is 1. The molecule has 4 aromatic rings. The van der Waals surface area contributed by atoms with Crippen molar-refractivity contribution >= 4 is 50.5 Å². The number of benzene rings is 4. The average Bonchev–Trinajstić information content (AvgIpc) is 2.93. The number of carbonyl (C=O) groups is 1. The van der Waals surface area contributed by atoms with Crippen molar-refractivity contribution in [1.29, 1.82) is 0 Å². The van der Waals surface area contributed by atoms with Crippen LogP contribution in [0.2, 0.25) is 0 Å². The topological polar surface area (TPSA) is 58.5 Å². The number of nitrogens with one attached hydrogen (secondary N) is 1. The van der Waals surface area contributed by atoms with Gasteiger partial charge in [-0.15, -0.1) is 0 Å². The zero-order chi connectivity index (χ0) is 29.7. The summed E-state index contributed by atoms with van der Waals surface area (Å²) in [5.41, 5.74) is 10.00. The number of amides is 1. The monoisotopic (exact) mass is 626 g/mol. The summed E-state index contributed by atoms with van der Waals surface area (Å²) in [5.74, 6) is 0.0823. The lowest BCUT2D eigenvalue weighted by Crippen LogP contribution is -2.27. The molecule has 5 rings (SSSR count). The van der Waals surface area contributed by atoms with E-state index in [1.165, 1.54) is 33.4 Å². The fourth-order valence-electron chi connectivity index (χ4n) is 4.43. The van der Waals surface area contributed by atoms with Crippen LogP contribution in [0.25, 0.3) is 0 Å². The number of halogens is 3. The highest BCUT2D eigenvalue weighted by atomic mass is 36.0. The van der Waals surface area contributed by atoms with Gasteiger partial charge < -0.3 is 5.32 Å². The van der Waals surface area contributed by atoms with Crippen molar-refractivity contribution in [2.75, 3.05) is 13.1 Å². The van der Waals surface area contributed by atoms with Crippen LogP contribution in [0.3, 0.4) is 0 Å². The summed E-state index contributed by atoms with van der Waals surface area (Å²) in [6.45, 7) is 5.82. The first kappa shape index (κ1) is 32.6. The molecule has 1 heterocycles. The van der Waals surface area contributed by atoms with Gasteiger partial charge in [0.1, 0.15) is 0 Å². The fourth-order valence-corrected chi connectivity index (χ4v) is 4.43. The van der Waals surface area contributed by atoms with Crippen molar-refractivity contribution in [3.8, 4) is 0 Å². The first-order valence-electron chi connectivity index (χ1n) is 13.3. The number of aryl methyl sites for hydroxylation is 2. The molecular weight excluding hydrogens is 594 g/mol. The molecule has 0 fully saturated rings. The molecular formula is C33H34Cl3N2O2P. The van der Waals surface area contributed by atoms with Crippen LogP contribution in [-0.2, 0) is 28.6 Å². The maximum atomic E-state index is 11.8. The van der Waals surface area contributed by atoms with Crippen molar-refractivity contribution in [2.45, 2.75) is 33.1 Å². The number of rotatable bonds is 6. The lowest BCUT2D eigenvalue weighted by molar-refractivity contribution is -0.120. The molecule has 1 aliphatic heterocycles. The molecule has 8 heteroatoms. The van der Waals surface area contributed by atoms with E-state index in [0.29, 0.717) is 13.0 Å². The molecule has 0 saturated carbocycles. The van der Waals surface area contributed by atoms with E-state index in [1.807, 2.05) is 36.4 Å². The van der Waals surface area contributed by atoms with Crippen molar-refractivity contribution in [1.82, 2.24) is 5.32 Å². The summed E-state index contributed by atoms with van der Waals surface area (Å²) in [6.07, 6.45) is 2.39. The van der Waals surface area contributed by atoms with Gasteiger partial charge in [-0.1, -0.05) is 114 Å². The molecule has 1 N–H and O–H groups in total. The Morgan fingerprint density at radius 1 is 0.805 bits per heavy atom. The van der Waals surface area contributed by atoms with E-state index >= 15 is 0 Å². The van der Waals surface area contributed by atoms with E-state index in [-0.39, 0.29) is 5.91 Å². The molecule has 0 unspecified atom stereocenters. The van der Waals surface area contributed by atoms with Crippen LogP contribution in [0.1, 0.15) is 38.9 Å². The molecule has 0 aromatic heterocycles. The van der Waals surface area contributed by atoms with Crippen molar-refractivity contribution < 1.29 is 9.36 Å². The quantitative estimate of drug-likeness (QED) is 0.217. The largest absolute Gasteiger partial charge is 0.355 e. The third-order valence-corrected chi connectivity index (χ3v) is 6.24. The number of carbonyl (C=O) groups excluding carboxylic acids is 1. The van der Waals surface area contributed by atoms with Crippen molar-refractivity contribution in [3.05, 3.63) is 142 Å². The zero-order valence-corrected chi connectivity index (χ0v) is 26.4. The molecule has 41 heavy (non-hydrogen) atoms. The molecule has 214 valence electrons. The lowest BCUT2D eigenvalue weighted by atomic mass is 9.92. The Kier molecular flexibility index (Phi) is 13.2. The van der Waals surface area contributed by atoms with Gasteiger partial charge in [-0.05, 0) is 77.1 Å². The minimum absolute atomic E-state index is 0.0823. The minimum Gasteiger partial charge on any atom is -0.355 e. The first-order valence-corrected chi connectivity index (χ1v) is 17.8. The van der Waals surface area contributed by atoms with Gasteiger partial charge in [-0.25, -0.2) is 0 Å². The Morgan fingerprint density at radius 2 is 1.41 bits per heavy atom. The molecule has 0 aliphatic carbocycles. The van der Waals surface area contributed by atoms with E-state index in [4.69, 9.17) is 0 Å². The van der Waals surface area contributed by atoms with E-state index in [9.17, 15) is 9.36 Å². The standard InChI is InChI=1S/C17H19NO.C16H15N.Cl3OP/c1-14-6-5-9-16(12-14)10-11-18-17(19)13-15-7-3-2-4-8-15;1-12-7-8-15-14(11-12)9-10-17-16(15)13-5-3-2-4-6-13;1-5(2,3)4/h2-9,12H,10-11,13H2,1H3,(H,18,19);2-8,11H,9-10H2,1H3;. The molecule has 0 bridgehead atoms. The highest BCUT2D eigenvalue weighted by molar-refractivity contribution is 8.24. The Balaban J connectivity index is 0.000000195. The number of hydrogen-bond donors (Lipinski definition) is 1. The van der Waals surface area contributed by atoms with E-state index in [1.54, 1.807) is 0 Å². The van der Waals surface area contributed by atoms with Crippen molar-refractivity contribution in [2.24, 2.45) is 4.99 Å². The average molecular weight is 628 g/mol. The van der Waals surface area contributed by atoms with Gasteiger partial charge in [0.15, 0.2) is 0 Å². The molecule has 0 saturated heterocycles. The number of fused-ring (bicyclic) bond motifs is 1. The summed E-state index contributed by atoms with van der Waals surface area (Å²) in [4.78, 5) is 16.4. The summed E-state index contributed by atoms with van der Waals surface area (Å²) in [5, 5.41) is -0.262. The van der Waals surface area contributed by atoms with E-state index in [2.05, 4.69) is 125 Å². The predicted molar refractivity (Wildman–Crippen MR) is 175 cm³/mol. The summed E-state index contributed by atoms with van der Waals surface area (Å²) >= 11 is 13.8. The van der Waals surface area contributed by atoms with Gasteiger partial charge in [0.2, 0.25) is 5.91 Å². The second kappa shape index (κ2) is 16.5. The Morgan fingerprint density at radius 3 is 2.07 bits per heavy atom. The number of hydrogen-bond acceptors (Lipinski definition) is 3. The lowest BCUT2D eigenvalue weighted by Gasteiger charge is -2.17. The fraction of sp³-hybridized carbons (Fsp3) is 0.212. The van der Waals surface area contributed by atoms with Gasteiger partial charge in [0.25, 0.3) is 0 Å². The third kappa shape index (κ3) is 12.7.